The maximum Gasteiger partial charge on any atom is 0.0193 e. The summed E-state index contributed by atoms with van der Waals surface area (Å²) in [6, 6.07) is 1.45. The second-order valence-electron chi connectivity index (χ2n) is 5.69. The Hall–Kier alpha value is -0.120. The molecule has 2 aliphatic rings. The molecule has 0 aromatic carbocycles. The van der Waals surface area contributed by atoms with E-state index in [1.807, 2.05) is 0 Å². The quantitative estimate of drug-likeness (QED) is 0.749. The van der Waals surface area contributed by atoms with Crippen LogP contribution in [0.3, 0.4) is 0 Å². The van der Waals surface area contributed by atoms with Gasteiger partial charge in [0.25, 0.3) is 0 Å². The van der Waals surface area contributed by atoms with Crippen molar-refractivity contribution in [2.45, 2.75) is 45.2 Å². The van der Waals surface area contributed by atoms with Crippen molar-refractivity contribution in [3.05, 3.63) is 0 Å². The van der Waals surface area contributed by atoms with Gasteiger partial charge in [0.2, 0.25) is 0 Å². The Morgan fingerprint density at radius 2 is 2.25 bits per heavy atom. The van der Waals surface area contributed by atoms with Crippen molar-refractivity contribution in [1.29, 1.82) is 0 Å². The van der Waals surface area contributed by atoms with E-state index in [1.54, 1.807) is 0 Å². The summed E-state index contributed by atoms with van der Waals surface area (Å²) in [4.78, 5) is 2.60. The highest BCUT2D eigenvalue weighted by Crippen LogP contribution is 2.18. The van der Waals surface area contributed by atoms with Crippen LogP contribution in [-0.2, 0) is 0 Å². The Balaban J connectivity index is 1.63. The second kappa shape index (κ2) is 5.99. The van der Waals surface area contributed by atoms with Gasteiger partial charge >= 0.3 is 0 Å². The summed E-state index contributed by atoms with van der Waals surface area (Å²) in [5, 5.41) is 7.20. The third kappa shape index (κ3) is 3.44. The molecule has 2 heterocycles. The van der Waals surface area contributed by atoms with Gasteiger partial charge in [0, 0.05) is 25.2 Å². The van der Waals surface area contributed by atoms with Gasteiger partial charge in [-0.25, -0.2) is 0 Å². The van der Waals surface area contributed by atoms with Crippen LogP contribution in [0.25, 0.3) is 0 Å². The maximum absolute atomic E-state index is 3.73. The second-order valence-corrected chi connectivity index (χ2v) is 5.69. The molecule has 0 aromatic rings. The Kier molecular flexibility index (Phi) is 4.62. The highest BCUT2D eigenvalue weighted by atomic mass is 15.2. The average Bonchev–Trinajstić information content (AvgIpc) is 2.76. The van der Waals surface area contributed by atoms with E-state index in [-0.39, 0.29) is 0 Å². The molecule has 2 atom stereocenters. The molecule has 0 aromatic heterocycles. The number of nitrogens with zero attached hydrogens (tertiary/aromatic N) is 1. The number of hydrogen-bond donors (Lipinski definition) is 2. The van der Waals surface area contributed by atoms with Crippen LogP contribution in [0, 0.1) is 5.92 Å². The first-order chi connectivity index (χ1) is 7.75. The van der Waals surface area contributed by atoms with Crippen molar-refractivity contribution < 1.29 is 0 Å². The van der Waals surface area contributed by atoms with Gasteiger partial charge in [-0.05, 0) is 58.7 Å². The minimum absolute atomic E-state index is 0.723. The predicted molar refractivity (Wildman–Crippen MR) is 68.7 cm³/mol. The van der Waals surface area contributed by atoms with Crippen molar-refractivity contribution in [2.75, 3.05) is 32.7 Å². The Labute approximate surface area is 100.0 Å². The molecular formula is C13H27N3. The molecule has 0 aliphatic carbocycles. The fourth-order valence-corrected chi connectivity index (χ4v) is 2.86. The third-order valence-electron chi connectivity index (χ3n) is 4.04. The van der Waals surface area contributed by atoms with Crippen LogP contribution in [0.4, 0.5) is 0 Å². The molecule has 16 heavy (non-hydrogen) atoms. The molecule has 0 saturated carbocycles. The normalized spacial score (nSPS) is 32.4. The molecule has 0 radical (unpaired) electrons. The lowest BCUT2D eigenvalue weighted by molar-refractivity contribution is 0.261. The van der Waals surface area contributed by atoms with Gasteiger partial charge in [0.15, 0.2) is 0 Å². The molecule has 2 fully saturated rings. The molecule has 3 nitrogen and oxygen atoms in total. The minimum Gasteiger partial charge on any atom is -0.315 e. The fourth-order valence-electron chi connectivity index (χ4n) is 2.86. The SMILES string of the molecule is CC(C)N1CCC(CNC2CCCNC2)C1. The summed E-state index contributed by atoms with van der Waals surface area (Å²) in [5.41, 5.74) is 0. The lowest BCUT2D eigenvalue weighted by atomic mass is 10.1. The number of piperidine rings is 1. The van der Waals surface area contributed by atoms with E-state index in [0.29, 0.717) is 0 Å². The summed E-state index contributed by atoms with van der Waals surface area (Å²) in [6.45, 7) is 10.8. The topological polar surface area (TPSA) is 27.3 Å². The lowest BCUT2D eigenvalue weighted by Gasteiger charge is -2.26. The molecule has 0 spiro atoms. The van der Waals surface area contributed by atoms with E-state index in [2.05, 4.69) is 29.4 Å². The average molecular weight is 225 g/mol. The van der Waals surface area contributed by atoms with Gasteiger partial charge in [-0.3, -0.25) is 0 Å². The van der Waals surface area contributed by atoms with E-state index in [1.165, 1.54) is 52.0 Å². The van der Waals surface area contributed by atoms with Crippen LogP contribution >= 0.6 is 0 Å². The summed E-state index contributed by atoms with van der Waals surface area (Å²) >= 11 is 0. The minimum atomic E-state index is 0.723. The monoisotopic (exact) mass is 225 g/mol. The molecule has 2 rings (SSSR count). The zero-order valence-electron chi connectivity index (χ0n) is 10.8. The van der Waals surface area contributed by atoms with Gasteiger partial charge in [0.05, 0.1) is 0 Å². The molecule has 0 amide bonds. The summed E-state index contributed by atoms with van der Waals surface area (Å²) in [7, 11) is 0. The molecular weight excluding hydrogens is 198 g/mol. The van der Waals surface area contributed by atoms with Crippen LogP contribution in [0.15, 0.2) is 0 Å². The van der Waals surface area contributed by atoms with Gasteiger partial charge in [-0.15, -0.1) is 0 Å². The van der Waals surface area contributed by atoms with Crippen molar-refractivity contribution in [3.8, 4) is 0 Å². The summed E-state index contributed by atoms with van der Waals surface area (Å²) < 4.78 is 0. The molecule has 2 N–H and O–H groups in total. The van der Waals surface area contributed by atoms with Crippen LogP contribution in [0.5, 0.6) is 0 Å². The number of nitrogens with one attached hydrogen (secondary N) is 2. The van der Waals surface area contributed by atoms with E-state index in [9.17, 15) is 0 Å². The molecule has 3 heteroatoms. The standard InChI is InChI=1S/C13H27N3/c1-11(2)16-7-5-12(10-16)8-15-13-4-3-6-14-9-13/h11-15H,3-10H2,1-2H3. The summed E-state index contributed by atoms with van der Waals surface area (Å²) in [6.07, 6.45) is 4.07. The summed E-state index contributed by atoms with van der Waals surface area (Å²) in [5.74, 6) is 0.879. The van der Waals surface area contributed by atoms with Crippen molar-refractivity contribution in [2.24, 2.45) is 5.92 Å². The number of hydrogen-bond acceptors (Lipinski definition) is 3. The first kappa shape index (κ1) is 12.3. The molecule has 2 saturated heterocycles. The predicted octanol–water partition coefficient (Wildman–Crippen LogP) is 1.06. The van der Waals surface area contributed by atoms with E-state index in [0.717, 1.165) is 18.0 Å². The van der Waals surface area contributed by atoms with Crippen LogP contribution in [0.2, 0.25) is 0 Å². The molecule has 2 aliphatic heterocycles. The highest BCUT2D eigenvalue weighted by Gasteiger charge is 2.24. The van der Waals surface area contributed by atoms with E-state index < -0.39 is 0 Å². The van der Waals surface area contributed by atoms with Crippen LogP contribution in [0.1, 0.15) is 33.1 Å². The van der Waals surface area contributed by atoms with Crippen LogP contribution < -0.4 is 10.6 Å². The lowest BCUT2D eigenvalue weighted by Crippen LogP contribution is -2.45. The van der Waals surface area contributed by atoms with E-state index >= 15 is 0 Å². The number of likely N-dealkylation sites (tertiary alicyclic amines) is 1. The van der Waals surface area contributed by atoms with Crippen molar-refractivity contribution in [1.82, 2.24) is 15.5 Å². The Morgan fingerprint density at radius 3 is 2.88 bits per heavy atom. The molecule has 94 valence electrons. The van der Waals surface area contributed by atoms with Gasteiger partial charge < -0.3 is 15.5 Å². The smallest absolute Gasteiger partial charge is 0.0193 e. The van der Waals surface area contributed by atoms with Crippen molar-refractivity contribution in [3.63, 3.8) is 0 Å². The zero-order valence-corrected chi connectivity index (χ0v) is 10.8. The van der Waals surface area contributed by atoms with Crippen LogP contribution in [-0.4, -0.2) is 49.7 Å². The zero-order chi connectivity index (χ0) is 11.4. The van der Waals surface area contributed by atoms with E-state index in [4.69, 9.17) is 0 Å². The maximum atomic E-state index is 3.73. The number of rotatable bonds is 4. The van der Waals surface area contributed by atoms with Gasteiger partial charge in [-0.1, -0.05) is 0 Å². The molecule has 2 unspecified atom stereocenters. The molecule has 0 bridgehead atoms. The van der Waals surface area contributed by atoms with Gasteiger partial charge in [0.1, 0.15) is 0 Å². The first-order valence-corrected chi connectivity index (χ1v) is 6.94. The van der Waals surface area contributed by atoms with Gasteiger partial charge in [-0.2, -0.15) is 0 Å². The van der Waals surface area contributed by atoms with Crippen molar-refractivity contribution >= 4 is 0 Å². The Morgan fingerprint density at radius 1 is 1.38 bits per heavy atom. The largest absolute Gasteiger partial charge is 0.315 e. The highest BCUT2D eigenvalue weighted by molar-refractivity contribution is 4.82. The first-order valence-electron chi connectivity index (χ1n) is 6.94. The third-order valence-corrected chi connectivity index (χ3v) is 4.04. The fraction of sp³-hybridized carbons (Fsp3) is 1.00. The Bertz CT molecular complexity index is 199.